The molecular formula is C18H34. The number of hydrogen-bond acceptors (Lipinski definition) is 0. The molecular weight excluding hydrogens is 216 g/mol. The minimum atomic E-state index is 0.485. The molecule has 0 aliphatic heterocycles. The highest BCUT2D eigenvalue weighted by Crippen LogP contribution is 2.56. The van der Waals surface area contributed by atoms with Crippen LogP contribution >= 0.6 is 0 Å². The van der Waals surface area contributed by atoms with E-state index in [0.717, 1.165) is 23.7 Å². The zero-order valence-corrected chi connectivity index (χ0v) is 13.6. The van der Waals surface area contributed by atoms with Gasteiger partial charge in [0.25, 0.3) is 0 Å². The Morgan fingerprint density at radius 1 is 0.667 bits per heavy atom. The molecule has 3 unspecified atom stereocenters. The van der Waals surface area contributed by atoms with Crippen molar-refractivity contribution in [3.05, 3.63) is 0 Å². The van der Waals surface area contributed by atoms with E-state index < -0.39 is 0 Å². The van der Waals surface area contributed by atoms with Crippen molar-refractivity contribution < 1.29 is 0 Å². The normalized spacial score (nSPS) is 38.3. The van der Waals surface area contributed by atoms with Crippen molar-refractivity contribution in [1.82, 2.24) is 0 Å². The van der Waals surface area contributed by atoms with Gasteiger partial charge in [-0.05, 0) is 53.8 Å². The first-order valence-electron chi connectivity index (χ1n) is 8.21. The molecule has 0 aromatic carbocycles. The maximum Gasteiger partial charge on any atom is -0.0301 e. The van der Waals surface area contributed by atoms with Gasteiger partial charge in [-0.2, -0.15) is 0 Å². The van der Waals surface area contributed by atoms with Crippen LogP contribution in [0, 0.1) is 34.5 Å². The fourth-order valence-corrected chi connectivity index (χ4v) is 5.16. The highest BCUT2D eigenvalue weighted by molar-refractivity contribution is 4.97. The lowest BCUT2D eigenvalue weighted by atomic mass is 9.50. The summed E-state index contributed by atoms with van der Waals surface area (Å²) in [6.07, 6.45) is 9.02. The molecule has 0 heterocycles. The molecule has 2 rings (SSSR count). The molecule has 2 aliphatic rings. The first kappa shape index (κ1) is 14.4. The third-order valence-corrected chi connectivity index (χ3v) is 5.82. The number of rotatable bonds is 0. The third-order valence-electron chi connectivity index (χ3n) is 5.82. The van der Waals surface area contributed by atoms with Crippen LogP contribution in [-0.4, -0.2) is 0 Å². The topological polar surface area (TPSA) is 0 Å². The van der Waals surface area contributed by atoms with Crippen LogP contribution in [0.3, 0.4) is 0 Å². The highest BCUT2D eigenvalue weighted by Gasteiger charge is 2.48. The van der Waals surface area contributed by atoms with Gasteiger partial charge in [0.05, 0.1) is 0 Å². The molecule has 0 heteroatoms. The average Bonchev–Trinajstić information content (AvgIpc) is 2.24. The Morgan fingerprint density at radius 3 is 1.83 bits per heavy atom. The summed E-state index contributed by atoms with van der Waals surface area (Å²) in [5.41, 5.74) is 0.971. The lowest BCUT2D eigenvalue weighted by Crippen LogP contribution is -2.47. The smallest absolute Gasteiger partial charge is 0.0301 e. The van der Waals surface area contributed by atoms with Crippen LogP contribution in [0.25, 0.3) is 0 Å². The largest absolute Gasteiger partial charge is 0.0599 e. The van der Waals surface area contributed by atoms with E-state index in [1.54, 1.807) is 0 Å². The SMILES string of the molecule is CC(C)(C)C1CCC2CCCC[C@@H]2C1C(C)(C)C. The molecule has 2 fully saturated rings. The summed E-state index contributed by atoms with van der Waals surface area (Å²) in [7, 11) is 0. The van der Waals surface area contributed by atoms with Gasteiger partial charge in [0, 0.05) is 0 Å². The molecule has 2 saturated carbocycles. The minimum absolute atomic E-state index is 0.485. The van der Waals surface area contributed by atoms with Gasteiger partial charge in [0.15, 0.2) is 0 Å². The Morgan fingerprint density at radius 2 is 1.28 bits per heavy atom. The standard InChI is InChI=1S/C18H34/c1-17(2,3)15-12-11-13-9-7-8-10-14(13)16(15)18(4,5)6/h13-16H,7-12H2,1-6H3/t13?,14-,15?,16?/m0/s1. The van der Waals surface area contributed by atoms with Gasteiger partial charge in [0.2, 0.25) is 0 Å². The molecule has 2 aliphatic carbocycles. The molecule has 0 aromatic rings. The monoisotopic (exact) mass is 250 g/mol. The summed E-state index contributed by atoms with van der Waals surface area (Å²) in [6, 6.07) is 0. The van der Waals surface area contributed by atoms with Gasteiger partial charge in [-0.1, -0.05) is 60.8 Å². The van der Waals surface area contributed by atoms with Crippen molar-refractivity contribution in [1.29, 1.82) is 0 Å². The first-order chi connectivity index (χ1) is 8.21. The summed E-state index contributed by atoms with van der Waals surface area (Å²) >= 11 is 0. The van der Waals surface area contributed by atoms with E-state index in [2.05, 4.69) is 41.5 Å². The summed E-state index contributed by atoms with van der Waals surface area (Å²) in [5.74, 6) is 3.95. The second-order valence-electron chi connectivity index (χ2n) is 9.15. The summed E-state index contributed by atoms with van der Waals surface area (Å²) in [6.45, 7) is 14.9. The van der Waals surface area contributed by atoms with Gasteiger partial charge in [-0.25, -0.2) is 0 Å². The first-order valence-corrected chi connectivity index (χ1v) is 8.21. The van der Waals surface area contributed by atoms with Crippen LogP contribution in [0.2, 0.25) is 0 Å². The van der Waals surface area contributed by atoms with Crippen LogP contribution < -0.4 is 0 Å². The second kappa shape index (κ2) is 4.84. The van der Waals surface area contributed by atoms with Crippen LogP contribution in [0.1, 0.15) is 80.1 Å². The van der Waals surface area contributed by atoms with Gasteiger partial charge in [0.1, 0.15) is 0 Å². The molecule has 0 spiro atoms. The van der Waals surface area contributed by atoms with E-state index in [4.69, 9.17) is 0 Å². The van der Waals surface area contributed by atoms with Gasteiger partial charge in [-0.3, -0.25) is 0 Å². The van der Waals surface area contributed by atoms with Crippen LogP contribution in [0.5, 0.6) is 0 Å². The van der Waals surface area contributed by atoms with Crippen molar-refractivity contribution in [3.8, 4) is 0 Å². The molecule has 18 heavy (non-hydrogen) atoms. The second-order valence-corrected chi connectivity index (χ2v) is 9.15. The van der Waals surface area contributed by atoms with E-state index in [1.807, 2.05) is 0 Å². The molecule has 0 aromatic heterocycles. The third kappa shape index (κ3) is 2.78. The summed E-state index contributed by atoms with van der Waals surface area (Å²) < 4.78 is 0. The van der Waals surface area contributed by atoms with Crippen molar-refractivity contribution in [2.45, 2.75) is 80.1 Å². The van der Waals surface area contributed by atoms with E-state index in [9.17, 15) is 0 Å². The molecule has 106 valence electrons. The zero-order chi connectivity index (χ0) is 13.6. The fourth-order valence-electron chi connectivity index (χ4n) is 5.16. The molecule has 0 bridgehead atoms. The molecule has 0 radical (unpaired) electrons. The number of fused-ring (bicyclic) bond motifs is 1. The van der Waals surface area contributed by atoms with Crippen molar-refractivity contribution >= 4 is 0 Å². The van der Waals surface area contributed by atoms with Crippen molar-refractivity contribution in [2.75, 3.05) is 0 Å². The molecule has 0 saturated heterocycles. The Kier molecular flexibility index (Phi) is 3.87. The highest BCUT2D eigenvalue weighted by atomic mass is 14.5. The number of hydrogen-bond donors (Lipinski definition) is 0. The van der Waals surface area contributed by atoms with E-state index in [0.29, 0.717) is 10.8 Å². The zero-order valence-electron chi connectivity index (χ0n) is 13.6. The Labute approximate surface area is 115 Å². The van der Waals surface area contributed by atoms with E-state index >= 15 is 0 Å². The lowest BCUT2D eigenvalue weighted by Gasteiger charge is -2.55. The maximum absolute atomic E-state index is 2.49. The van der Waals surface area contributed by atoms with Crippen molar-refractivity contribution in [3.63, 3.8) is 0 Å². The van der Waals surface area contributed by atoms with E-state index in [-0.39, 0.29) is 0 Å². The minimum Gasteiger partial charge on any atom is -0.0599 e. The average molecular weight is 250 g/mol. The quantitative estimate of drug-likeness (QED) is 0.501. The summed E-state index contributed by atoms with van der Waals surface area (Å²) in [4.78, 5) is 0. The van der Waals surface area contributed by atoms with E-state index in [1.165, 1.54) is 38.5 Å². The summed E-state index contributed by atoms with van der Waals surface area (Å²) in [5, 5.41) is 0. The molecule has 0 N–H and O–H groups in total. The molecule has 0 nitrogen and oxygen atoms in total. The van der Waals surface area contributed by atoms with Crippen LogP contribution in [-0.2, 0) is 0 Å². The van der Waals surface area contributed by atoms with Gasteiger partial charge >= 0.3 is 0 Å². The van der Waals surface area contributed by atoms with Gasteiger partial charge < -0.3 is 0 Å². The lowest BCUT2D eigenvalue weighted by molar-refractivity contribution is -0.0547. The Bertz CT molecular complexity index is 275. The van der Waals surface area contributed by atoms with Crippen molar-refractivity contribution in [2.24, 2.45) is 34.5 Å². The predicted octanol–water partition coefficient (Wildman–Crippen LogP) is 5.91. The molecule has 0 amide bonds. The van der Waals surface area contributed by atoms with Crippen LogP contribution in [0.4, 0.5) is 0 Å². The van der Waals surface area contributed by atoms with Crippen LogP contribution in [0.15, 0.2) is 0 Å². The van der Waals surface area contributed by atoms with Gasteiger partial charge in [-0.15, -0.1) is 0 Å². The Hall–Kier alpha value is 0. The Balaban J connectivity index is 2.28. The molecule has 4 atom stereocenters. The fraction of sp³-hybridized carbons (Fsp3) is 1.00. The maximum atomic E-state index is 2.49. The predicted molar refractivity (Wildman–Crippen MR) is 80.6 cm³/mol.